The first-order chi connectivity index (χ1) is 11.9. The van der Waals surface area contributed by atoms with E-state index >= 15 is 0 Å². The molecule has 148 valence electrons. The van der Waals surface area contributed by atoms with Gasteiger partial charge in [-0.15, -0.1) is 24.0 Å². The molecule has 2 rings (SSSR count). The van der Waals surface area contributed by atoms with E-state index in [-0.39, 0.29) is 24.0 Å². The summed E-state index contributed by atoms with van der Waals surface area (Å²) in [5.41, 5.74) is 1.01. The Balaban J connectivity index is 0.00000338. The molecule has 9 heteroatoms. The summed E-state index contributed by atoms with van der Waals surface area (Å²) < 4.78 is 25.4. The molecule has 0 aliphatic heterocycles. The zero-order valence-corrected chi connectivity index (χ0v) is 19.7. The number of thioether (sulfide) groups is 1. The van der Waals surface area contributed by atoms with Gasteiger partial charge in [0.15, 0.2) is 5.96 Å². The molecule has 1 saturated carbocycles. The van der Waals surface area contributed by atoms with Crippen molar-refractivity contribution in [3.05, 3.63) is 29.8 Å². The normalized spacial score (nSPS) is 20.7. The fourth-order valence-corrected chi connectivity index (χ4v) is 4.55. The molecule has 2 N–H and O–H groups in total. The molecule has 0 radical (unpaired) electrons. The predicted molar refractivity (Wildman–Crippen MR) is 121 cm³/mol. The molecule has 0 spiro atoms. The summed E-state index contributed by atoms with van der Waals surface area (Å²) in [5.74, 6) is 0.789. The summed E-state index contributed by atoms with van der Waals surface area (Å²) >= 11 is 1.93. The molecule has 1 aromatic rings. The van der Waals surface area contributed by atoms with Crippen LogP contribution in [-0.2, 0) is 16.6 Å². The molecule has 1 aliphatic carbocycles. The van der Waals surface area contributed by atoms with Crippen LogP contribution < -0.4 is 10.6 Å². The second-order valence-electron chi connectivity index (χ2n) is 6.37. The van der Waals surface area contributed by atoms with Crippen LogP contribution in [-0.4, -0.2) is 57.4 Å². The highest BCUT2D eigenvalue weighted by molar-refractivity contribution is 14.0. The Morgan fingerprint density at radius 2 is 1.92 bits per heavy atom. The third-order valence-corrected chi connectivity index (χ3v) is 7.37. The molecule has 26 heavy (non-hydrogen) atoms. The van der Waals surface area contributed by atoms with Gasteiger partial charge in [-0.25, -0.2) is 12.7 Å². The minimum absolute atomic E-state index is 0. The highest BCUT2D eigenvalue weighted by atomic mass is 127. The number of sulfonamides is 1. The highest BCUT2D eigenvalue weighted by Crippen LogP contribution is 2.28. The lowest BCUT2D eigenvalue weighted by atomic mass is 10.2. The number of guanidine groups is 1. The smallest absolute Gasteiger partial charge is 0.242 e. The molecule has 0 bridgehead atoms. The second kappa shape index (κ2) is 10.7. The Morgan fingerprint density at radius 3 is 2.42 bits per heavy atom. The van der Waals surface area contributed by atoms with Gasteiger partial charge in [-0.2, -0.15) is 11.8 Å². The van der Waals surface area contributed by atoms with E-state index < -0.39 is 10.0 Å². The van der Waals surface area contributed by atoms with Crippen LogP contribution in [0.1, 0.15) is 24.8 Å². The van der Waals surface area contributed by atoms with Crippen LogP contribution in [0.15, 0.2) is 34.2 Å². The first-order valence-electron chi connectivity index (χ1n) is 8.38. The van der Waals surface area contributed by atoms with Crippen molar-refractivity contribution >= 4 is 51.7 Å². The summed E-state index contributed by atoms with van der Waals surface area (Å²) in [7, 11) is 1.45. The van der Waals surface area contributed by atoms with Gasteiger partial charge in [0.2, 0.25) is 10.0 Å². The maximum absolute atomic E-state index is 12.1. The van der Waals surface area contributed by atoms with Crippen LogP contribution >= 0.6 is 35.7 Å². The fourth-order valence-electron chi connectivity index (χ4n) is 2.85. The van der Waals surface area contributed by atoms with Gasteiger partial charge < -0.3 is 10.6 Å². The maximum atomic E-state index is 12.1. The molecule has 1 fully saturated rings. The predicted octanol–water partition coefficient (Wildman–Crippen LogP) is 2.50. The van der Waals surface area contributed by atoms with Gasteiger partial charge in [0.25, 0.3) is 0 Å². The second-order valence-corrected chi connectivity index (χ2v) is 9.66. The van der Waals surface area contributed by atoms with Crippen molar-refractivity contribution in [2.24, 2.45) is 4.99 Å². The van der Waals surface area contributed by atoms with Gasteiger partial charge in [0, 0.05) is 39.0 Å². The molecule has 2 atom stereocenters. The summed E-state index contributed by atoms with van der Waals surface area (Å²) in [6, 6.07) is 7.41. The average Bonchev–Trinajstić information content (AvgIpc) is 3.06. The number of benzene rings is 1. The Bertz CT molecular complexity index is 693. The minimum Gasteiger partial charge on any atom is -0.354 e. The number of aliphatic imine (C=N–C) groups is 1. The van der Waals surface area contributed by atoms with E-state index in [4.69, 9.17) is 0 Å². The van der Waals surface area contributed by atoms with Crippen LogP contribution in [0.2, 0.25) is 0 Å². The van der Waals surface area contributed by atoms with Crippen molar-refractivity contribution in [3.63, 3.8) is 0 Å². The molecule has 0 aromatic heterocycles. The molecule has 0 amide bonds. The fraction of sp³-hybridized carbons (Fsp3) is 0.588. The van der Waals surface area contributed by atoms with Crippen molar-refractivity contribution in [2.45, 2.75) is 42.0 Å². The average molecular weight is 512 g/mol. The number of hydrogen-bond donors (Lipinski definition) is 2. The monoisotopic (exact) mass is 512 g/mol. The van der Waals surface area contributed by atoms with Gasteiger partial charge in [-0.1, -0.05) is 12.1 Å². The van der Waals surface area contributed by atoms with E-state index in [1.54, 1.807) is 19.2 Å². The van der Waals surface area contributed by atoms with E-state index in [0.717, 1.165) is 16.8 Å². The Hall–Kier alpha value is -0.520. The number of nitrogens with zero attached hydrogens (tertiary/aromatic N) is 2. The molecule has 1 aliphatic rings. The van der Waals surface area contributed by atoms with Gasteiger partial charge in [0.1, 0.15) is 0 Å². The van der Waals surface area contributed by atoms with E-state index in [9.17, 15) is 8.42 Å². The van der Waals surface area contributed by atoms with E-state index in [2.05, 4.69) is 21.9 Å². The van der Waals surface area contributed by atoms with Crippen LogP contribution in [0, 0.1) is 0 Å². The first kappa shape index (κ1) is 23.5. The third-order valence-electron chi connectivity index (χ3n) is 4.44. The van der Waals surface area contributed by atoms with E-state index in [1.165, 1.54) is 37.7 Å². The number of nitrogens with one attached hydrogen (secondary N) is 2. The minimum atomic E-state index is -3.38. The molecule has 0 saturated heterocycles. The number of halogens is 1. The topological polar surface area (TPSA) is 73.8 Å². The molecule has 1 aromatic carbocycles. The van der Waals surface area contributed by atoms with Gasteiger partial charge in [-0.05, 0) is 43.2 Å². The zero-order chi connectivity index (χ0) is 18.4. The van der Waals surface area contributed by atoms with Crippen molar-refractivity contribution in [1.29, 1.82) is 0 Å². The standard InChI is InChI=1S/C17H28N4O2S2.HI/c1-18-17(20-14-7-8-15(11-14)24-4)19-12-13-5-9-16(10-6-13)25(22,23)21(2)3;/h5-6,9-10,14-15H,7-8,11-12H2,1-4H3,(H2,18,19,20);1H. The van der Waals surface area contributed by atoms with Crippen molar-refractivity contribution < 1.29 is 8.42 Å². The molecule has 2 unspecified atom stereocenters. The SMILES string of the molecule is CN=C(NCc1ccc(S(=O)(=O)N(C)C)cc1)NC1CCC(SC)C1.I. The Labute approximate surface area is 178 Å². The zero-order valence-electron chi connectivity index (χ0n) is 15.7. The quantitative estimate of drug-likeness (QED) is 0.348. The van der Waals surface area contributed by atoms with E-state index in [0.29, 0.717) is 17.5 Å². The number of hydrogen-bond acceptors (Lipinski definition) is 4. The molecule has 0 heterocycles. The summed E-state index contributed by atoms with van der Waals surface area (Å²) in [5, 5.41) is 7.51. The van der Waals surface area contributed by atoms with Gasteiger partial charge >= 0.3 is 0 Å². The first-order valence-corrected chi connectivity index (χ1v) is 11.1. The van der Waals surface area contributed by atoms with Crippen LogP contribution in [0.3, 0.4) is 0 Å². The third kappa shape index (κ3) is 6.28. The van der Waals surface area contributed by atoms with Gasteiger partial charge in [0.05, 0.1) is 4.90 Å². The Kier molecular flexibility index (Phi) is 9.70. The lowest BCUT2D eigenvalue weighted by Crippen LogP contribution is -2.42. The van der Waals surface area contributed by atoms with Crippen LogP contribution in [0.4, 0.5) is 0 Å². The van der Waals surface area contributed by atoms with E-state index in [1.807, 2.05) is 23.9 Å². The molecular weight excluding hydrogens is 483 g/mol. The summed E-state index contributed by atoms with van der Waals surface area (Å²) in [6.07, 6.45) is 5.75. The maximum Gasteiger partial charge on any atom is 0.242 e. The highest BCUT2D eigenvalue weighted by Gasteiger charge is 2.24. The molecule has 6 nitrogen and oxygen atoms in total. The summed E-state index contributed by atoms with van der Waals surface area (Å²) in [6.45, 7) is 0.598. The van der Waals surface area contributed by atoms with Crippen molar-refractivity contribution in [2.75, 3.05) is 27.4 Å². The van der Waals surface area contributed by atoms with Gasteiger partial charge in [-0.3, -0.25) is 4.99 Å². The molecular formula is C17H29IN4O2S2. The lowest BCUT2D eigenvalue weighted by molar-refractivity contribution is 0.520. The summed E-state index contributed by atoms with van der Waals surface area (Å²) in [4.78, 5) is 4.59. The number of rotatable bonds is 6. The van der Waals surface area contributed by atoms with Crippen molar-refractivity contribution in [1.82, 2.24) is 14.9 Å². The van der Waals surface area contributed by atoms with Crippen LogP contribution in [0.25, 0.3) is 0 Å². The Morgan fingerprint density at radius 1 is 1.27 bits per heavy atom. The lowest BCUT2D eigenvalue weighted by Gasteiger charge is -2.17. The van der Waals surface area contributed by atoms with Crippen LogP contribution in [0.5, 0.6) is 0 Å². The van der Waals surface area contributed by atoms with Crippen molar-refractivity contribution in [3.8, 4) is 0 Å². The largest absolute Gasteiger partial charge is 0.354 e.